The van der Waals surface area contributed by atoms with Crippen molar-refractivity contribution in [1.82, 2.24) is 9.97 Å². The molecule has 6 heteroatoms. The number of aromatic nitrogens is 2. The minimum Gasteiger partial charge on any atom is -0.332 e. The monoisotopic (exact) mass is 497 g/mol. The van der Waals surface area contributed by atoms with E-state index >= 15 is 0 Å². The highest BCUT2D eigenvalue weighted by atomic mass is 32.2. The Bertz CT molecular complexity index is 1280. The number of ketones is 1. The van der Waals surface area contributed by atoms with E-state index in [2.05, 4.69) is 72.7 Å². The Balaban J connectivity index is 1.48. The van der Waals surface area contributed by atoms with Gasteiger partial charge in [-0.2, -0.15) is 0 Å². The molecule has 1 aromatic heterocycles. The molecule has 0 radical (unpaired) electrons. The van der Waals surface area contributed by atoms with E-state index in [9.17, 15) is 9.59 Å². The number of hydrogen-bond donors (Lipinski definition) is 2. The fraction of sp³-hybridized carbons (Fsp3) is 0.233. The molecule has 0 atom stereocenters. The zero-order valence-electron chi connectivity index (χ0n) is 21.1. The van der Waals surface area contributed by atoms with Gasteiger partial charge >= 0.3 is 0 Å². The topological polar surface area (TPSA) is 74.8 Å². The number of carbonyl (C=O) groups excluding carboxylic acids is 2. The SMILES string of the molecule is Cc1ccc(-c2nc(SCC(=O)c3ccc(NC(=O)CC(C)C)cc3)[nH]c2-c2ccc(C)cc2)cc1. The van der Waals surface area contributed by atoms with Gasteiger partial charge in [-0.3, -0.25) is 9.59 Å². The molecule has 0 bridgehead atoms. The first-order valence-corrected chi connectivity index (χ1v) is 13.1. The summed E-state index contributed by atoms with van der Waals surface area (Å²) in [5.74, 6) is 0.534. The van der Waals surface area contributed by atoms with Crippen LogP contribution in [0.25, 0.3) is 22.5 Å². The second-order valence-electron chi connectivity index (χ2n) is 9.43. The number of amides is 1. The number of benzene rings is 3. The van der Waals surface area contributed by atoms with E-state index in [1.807, 2.05) is 13.8 Å². The third-order valence-electron chi connectivity index (χ3n) is 5.77. The first-order chi connectivity index (χ1) is 17.3. The standard InChI is InChI=1S/C30H31N3O2S/c1-19(2)17-27(35)31-25-15-13-22(14-16-25)26(34)18-36-30-32-28(23-9-5-20(3)6-10-23)29(33-30)24-11-7-21(4)8-12-24/h5-16,19H,17-18H2,1-4H3,(H,31,35)(H,32,33). The van der Waals surface area contributed by atoms with Crippen molar-refractivity contribution in [3.05, 3.63) is 89.5 Å². The summed E-state index contributed by atoms with van der Waals surface area (Å²) in [7, 11) is 0. The minimum absolute atomic E-state index is 0.00484. The predicted octanol–water partition coefficient (Wildman–Crippen LogP) is 7.32. The fourth-order valence-corrected chi connectivity index (χ4v) is 4.57. The summed E-state index contributed by atoms with van der Waals surface area (Å²) < 4.78 is 0. The van der Waals surface area contributed by atoms with Crippen LogP contribution in [0.4, 0.5) is 5.69 Å². The maximum absolute atomic E-state index is 12.9. The van der Waals surface area contributed by atoms with E-state index in [1.54, 1.807) is 24.3 Å². The number of H-pyrrole nitrogens is 1. The molecule has 3 aromatic carbocycles. The molecule has 0 fully saturated rings. The van der Waals surface area contributed by atoms with E-state index in [0.717, 1.165) is 22.5 Å². The quantitative estimate of drug-likeness (QED) is 0.188. The van der Waals surface area contributed by atoms with Gasteiger partial charge in [-0.15, -0.1) is 0 Å². The third-order valence-corrected chi connectivity index (χ3v) is 6.64. The number of imidazole rings is 1. The Morgan fingerprint density at radius 1 is 0.861 bits per heavy atom. The van der Waals surface area contributed by atoms with Crippen LogP contribution in [0.5, 0.6) is 0 Å². The number of thioether (sulfide) groups is 1. The van der Waals surface area contributed by atoms with Crippen LogP contribution in [0.2, 0.25) is 0 Å². The molecule has 36 heavy (non-hydrogen) atoms. The summed E-state index contributed by atoms with van der Waals surface area (Å²) in [6.07, 6.45) is 0.468. The molecule has 4 aromatic rings. The number of nitrogens with one attached hydrogen (secondary N) is 2. The van der Waals surface area contributed by atoms with Crippen LogP contribution in [0.1, 0.15) is 41.8 Å². The number of aromatic amines is 1. The molecule has 0 spiro atoms. The highest BCUT2D eigenvalue weighted by Gasteiger charge is 2.16. The van der Waals surface area contributed by atoms with Crippen molar-refractivity contribution in [2.75, 3.05) is 11.1 Å². The van der Waals surface area contributed by atoms with Gasteiger partial charge in [-0.05, 0) is 44.0 Å². The van der Waals surface area contributed by atoms with Gasteiger partial charge in [0.05, 0.1) is 17.1 Å². The fourth-order valence-electron chi connectivity index (χ4n) is 3.81. The van der Waals surface area contributed by atoms with Gasteiger partial charge in [0.1, 0.15) is 0 Å². The predicted molar refractivity (Wildman–Crippen MR) is 149 cm³/mol. The van der Waals surface area contributed by atoms with Gasteiger partial charge in [0.25, 0.3) is 0 Å². The average molecular weight is 498 g/mol. The summed E-state index contributed by atoms with van der Waals surface area (Å²) >= 11 is 1.39. The van der Waals surface area contributed by atoms with Gasteiger partial charge in [-0.25, -0.2) is 4.98 Å². The number of aryl methyl sites for hydroxylation is 2. The Hall–Kier alpha value is -3.64. The lowest BCUT2D eigenvalue weighted by Gasteiger charge is -2.07. The van der Waals surface area contributed by atoms with E-state index in [-0.39, 0.29) is 17.4 Å². The van der Waals surface area contributed by atoms with Crippen LogP contribution < -0.4 is 5.32 Å². The van der Waals surface area contributed by atoms with Crippen molar-refractivity contribution in [3.63, 3.8) is 0 Å². The van der Waals surface area contributed by atoms with E-state index in [0.29, 0.717) is 28.7 Å². The lowest BCUT2D eigenvalue weighted by molar-refractivity contribution is -0.116. The van der Waals surface area contributed by atoms with Crippen molar-refractivity contribution >= 4 is 29.1 Å². The molecule has 1 amide bonds. The molecule has 0 aliphatic carbocycles. The van der Waals surface area contributed by atoms with Crippen LogP contribution >= 0.6 is 11.8 Å². The summed E-state index contributed by atoms with van der Waals surface area (Å²) in [5, 5.41) is 3.57. The van der Waals surface area contributed by atoms with Crippen molar-refractivity contribution in [1.29, 1.82) is 0 Å². The average Bonchev–Trinajstić information content (AvgIpc) is 3.27. The van der Waals surface area contributed by atoms with Crippen molar-refractivity contribution in [2.45, 2.75) is 39.3 Å². The van der Waals surface area contributed by atoms with Crippen LogP contribution in [0.15, 0.2) is 78.0 Å². The highest BCUT2D eigenvalue weighted by molar-refractivity contribution is 7.99. The molecular weight excluding hydrogens is 466 g/mol. The zero-order chi connectivity index (χ0) is 25.7. The smallest absolute Gasteiger partial charge is 0.224 e. The highest BCUT2D eigenvalue weighted by Crippen LogP contribution is 2.33. The molecule has 0 aliphatic heterocycles. The second kappa shape index (κ2) is 11.4. The second-order valence-corrected chi connectivity index (χ2v) is 10.4. The van der Waals surface area contributed by atoms with E-state index in [4.69, 9.17) is 4.98 Å². The lowest BCUT2D eigenvalue weighted by atomic mass is 10.0. The number of rotatable bonds is 9. The molecular formula is C30H31N3O2S. The molecule has 0 aliphatic rings. The number of nitrogens with zero attached hydrogens (tertiary/aromatic N) is 1. The van der Waals surface area contributed by atoms with Crippen LogP contribution in [0.3, 0.4) is 0 Å². The molecule has 5 nitrogen and oxygen atoms in total. The largest absolute Gasteiger partial charge is 0.332 e. The Morgan fingerprint density at radius 3 is 2.03 bits per heavy atom. The zero-order valence-corrected chi connectivity index (χ0v) is 21.9. The molecule has 0 unspecified atom stereocenters. The first kappa shape index (κ1) is 25.5. The number of hydrogen-bond acceptors (Lipinski definition) is 4. The summed E-state index contributed by atoms with van der Waals surface area (Å²) in [6.45, 7) is 8.14. The summed E-state index contributed by atoms with van der Waals surface area (Å²) in [4.78, 5) is 33.1. The van der Waals surface area contributed by atoms with Gasteiger partial charge < -0.3 is 10.3 Å². The van der Waals surface area contributed by atoms with Gasteiger partial charge in [0.2, 0.25) is 5.91 Å². The first-order valence-electron chi connectivity index (χ1n) is 12.1. The summed E-state index contributed by atoms with van der Waals surface area (Å²) in [5.41, 5.74) is 7.58. The number of carbonyl (C=O) groups is 2. The van der Waals surface area contributed by atoms with Crippen LogP contribution in [0, 0.1) is 19.8 Å². The van der Waals surface area contributed by atoms with Gasteiger partial charge in [0, 0.05) is 28.8 Å². The lowest BCUT2D eigenvalue weighted by Crippen LogP contribution is -2.14. The number of Topliss-reactive ketones (excluding diaryl/α,β-unsaturated/α-hetero) is 1. The van der Waals surface area contributed by atoms with Gasteiger partial charge in [0.15, 0.2) is 10.9 Å². The molecule has 0 saturated heterocycles. The normalized spacial score (nSPS) is 11.0. The third kappa shape index (κ3) is 6.52. The van der Waals surface area contributed by atoms with E-state index < -0.39 is 0 Å². The van der Waals surface area contributed by atoms with Crippen LogP contribution in [-0.4, -0.2) is 27.4 Å². The molecule has 4 rings (SSSR count). The Morgan fingerprint density at radius 2 is 1.44 bits per heavy atom. The maximum Gasteiger partial charge on any atom is 0.224 e. The van der Waals surface area contributed by atoms with Gasteiger partial charge in [-0.1, -0.05) is 85.3 Å². The van der Waals surface area contributed by atoms with Crippen molar-refractivity contribution < 1.29 is 9.59 Å². The van der Waals surface area contributed by atoms with Crippen molar-refractivity contribution in [2.24, 2.45) is 5.92 Å². The molecule has 184 valence electrons. The number of anilines is 1. The maximum atomic E-state index is 12.9. The van der Waals surface area contributed by atoms with Crippen molar-refractivity contribution in [3.8, 4) is 22.5 Å². The summed E-state index contributed by atoms with van der Waals surface area (Å²) in [6, 6.07) is 23.7. The van der Waals surface area contributed by atoms with E-state index in [1.165, 1.54) is 22.9 Å². The molecule has 1 heterocycles. The molecule has 2 N–H and O–H groups in total. The van der Waals surface area contributed by atoms with Crippen LogP contribution in [-0.2, 0) is 4.79 Å². The Labute approximate surface area is 216 Å². The molecule has 0 saturated carbocycles. The Kier molecular flexibility index (Phi) is 8.06. The minimum atomic E-state index is -0.0220.